The van der Waals surface area contributed by atoms with Crippen LogP contribution in [-0.4, -0.2) is 26.3 Å². The Kier molecular flexibility index (Phi) is 2.78. The van der Waals surface area contributed by atoms with Crippen molar-refractivity contribution in [3.05, 3.63) is 22.3 Å². The van der Waals surface area contributed by atoms with Crippen LogP contribution in [0.15, 0.2) is 11.6 Å². The van der Waals surface area contributed by atoms with E-state index in [2.05, 4.69) is 20.4 Å². The molecule has 1 saturated heterocycles. The second-order valence-electron chi connectivity index (χ2n) is 5.08. The van der Waals surface area contributed by atoms with Crippen LogP contribution in [0.1, 0.15) is 29.6 Å². The quantitative estimate of drug-likeness (QED) is 0.730. The van der Waals surface area contributed by atoms with Crippen LogP contribution in [0.4, 0.5) is 5.13 Å². The van der Waals surface area contributed by atoms with Gasteiger partial charge in [0.15, 0.2) is 10.8 Å². The maximum atomic E-state index is 4.80. The summed E-state index contributed by atoms with van der Waals surface area (Å²) in [6.07, 6.45) is 4.26. The first-order valence-electron chi connectivity index (χ1n) is 6.70. The highest BCUT2D eigenvalue weighted by atomic mass is 32.1. The lowest BCUT2D eigenvalue weighted by molar-refractivity contribution is 0.709. The summed E-state index contributed by atoms with van der Waals surface area (Å²) in [5.74, 6) is 0. The number of aryl methyl sites for hydroxylation is 2. The Morgan fingerprint density at radius 3 is 3.05 bits per heavy atom. The van der Waals surface area contributed by atoms with Crippen molar-refractivity contribution in [3.63, 3.8) is 0 Å². The fourth-order valence-corrected chi connectivity index (χ4v) is 4.74. The lowest BCUT2D eigenvalue weighted by atomic mass is 10.2. The molecule has 3 aromatic rings. The molecule has 0 spiro atoms. The number of anilines is 1. The lowest BCUT2D eigenvalue weighted by Gasteiger charge is -2.21. The Morgan fingerprint density at radius 2 is 2.30 bits per heavy atom. The van der Waals surface area contributed by atoms with Crippen LogP contribution in [0.2, 0.25) is 0 Å². The molecule has 0 radical (unpaired) electrons. The third-order valence-electron chi connectivity index (χ3n) is 3.77. The van der Waals surface area contributed by atoms with Crippen molar-refractivity contribution in [1.29, 1.82) is 0 Å². The average molecular weight is 305 g/mol. The summed E-state index contributed by atoms with van der Waals surface area (Å²) in [6.45, 7) is 3.11. The number of hydrogen-bond donors (Lipinski definition) is 0. The van der Waals surface area contributed by atoms with Crippen molar-refractivity contribution >= 4 is 38.2 Å². The first-order valence-corrected chi connectivity index (χ1v) is 8.40. The van der Waals surface area contributed by atoms with E-state index in [1.807, 2.05) is 24.9 Å². The number of thiazole rings is 2. The third-order valence-corrected chi connectivity index (χ3v) is 5.84. The first-order chi connectivity index (χ1) is 9.74. The van der Waals surface area contributed by atoms with Gasteiger partial charge in [-0.1, -0.05) is 11.3 Å². The van der Waals surface area contributed by atoms with Gasteiger partial charge >= 0.3 is 0 Å². The molecule has 7 heteroatoms. The van der Waals surface area contributed by atoms with Crippen LogP contribution >= 0.6 is 22.7 Å². The molecule has 1 atom stereocenters. The molecule has 4 rings (SSSR count). The van der Waals surface area contributed by atoms with Crippen LogP contribution in [0, 0.1) is 6.92 Å². The zero-order valence-electron chi connectivity index (χ0n) is 11.4. The Hall–Kier alpha value is -1.47. The molecular weight excluding hydrogens is 290 g/mol. The molecule has 5 nitrogen and oxygen atoms in total. The van der Waals surface area contributed by atoms with E-state index in [-0.39, 0.29) is 0 Å². The molecular formula is C13H15N5S2. The summed E-state index contributed by atoms with van der Waals surface area (Å²) in [4.78, 5) is 11.7. The van der Waals surface area contributed by atoms with Gasteiger partial charge in [0.1, 0.15) is 5.01 Å². The van der Waals surface area contributed by atoms with Crippen LogP contribution < -0.4 is 4.90 Å². The van der Waals surface area contributed by atoms with E-state index in [9.17, 15) is 0 Å². The van der Waals surface area contributed by atoms with Gasteiger partial charge in [0.25, 0.3) is 0 Å². The van der Waals surface area contributed by atoms with Crippen molar-refractivity contribution in [2.24, 2.45) is 7.05 Å². The summed E-state index contributed by atoms with van der Waals surface area (Å²) < 4.78 is 3.08. The maximum Gasteiger partial charge on any atom is 0.188 e. The zero-order chi connectivity index (χ0) is 13.7. The van der Waals surface area contributed by atoms with Gasteiger partial charge in [0.2, 0.25) is 0 Å². The Labute approximate surface area is 124 Å². The molecule has 0 unspecified atom stereocenters. The highest BCUT2D eigenvalue weighted by Crippen LogP contribution is 2.40. The average Bonchev–Trinajstić information content (AvgIpc) is 3.17. The minimum atomic E-state index is 0.392. The van der Waals surface area contributed by atoms with Crippen LogP contribution in [0.5, 0.6) is 0 Å². The number of fused-ring (bicyclic) bond motifs is 1. The number of rotatable bonds is 2. The number of nitrogens with zero attached hydrogens (tertiary/aromatic N) is 5. The topological polar surface area (TPSA) is 46.8 Å². The molecule has 0 aliphatic carbocycles. The van der Waals surface area contributed by atoms with E-state index < -0.39 is 0 Å². The van der Waals surface area contributed by atoms with Crippen molar-refractivity contribution in [1.82, 2.24) is 19.7 Å². The molecule has 0 N–H and O–H groups in total. The summed E-state index contributed by atoms with van der Waals surface area (Å²) in [5, 5.41) is 8.79. The predicted octanol–water partition coefficient (Wildman–Crippen LogP) is 3.14. The van der Waals surface area contributed by atoms with E-state index in [0.717, 1.165) is 23.0 Å². The van der Waals surface area contributed by atoms with E-state index in [4.69, 9.17) is 4.98 Å². The van der Waals surface area contributed by atoms with Crippen LogP contribution in [-0.2, 0) is 7.05 Å². The summed E-state index contributed by atoms with van der Waals surface area (Å²) in [6, 6.07) is 0.392. The van der Waals surface area contributed by atoms with E-state index in [1.165, 1.54) is 22.5 Å². The molecule has 1 fully saturated rings. The fraction of sp³-hybridized carbons (Fsp3) is 0.462. The zero-order valence-corrected chi connectivity index (χ0v) is 13.0. The highest BCUT2D eigenvalue weighted by molar-refractivity contribution is 7.22. The van der Waals surface area contributed by atoms with E-state index in [0.29, 0.717) is 6.04 Å². The van der Waals surface area contributed by atoms with Crippen molar-refractivity contribution in [2.75, 3.05) is 11.4 Å². The second kappa shape index (κ2) is 4.53. The Bertz CT molecular complexity index is 708. The SMILES string of the molecule is Cc1nn(C)c2nc(N3CCC[C@@H]3c3nccs3)sc12. The summed E-state index contributed by atoms with van der Waals surface area (Å²) in [5.41, 5.74) is 2.06. The normalized spacial score (nSPS) is 19.3. The largest absolute Gasteiger partial charge is 0.339 e. The highest BCUT2D eigenvalue weighted by Gasteiger charge is 2.30. The van der Waals surface area contributed by atoms with Crippen LogP contribution in [0.3, 0.4) is 0 Å². The van der Waals surface area contributed by atoms with Gasteiger partial charge in [-0.3, -0.25) is 0 Å². The fourth-order valence-electron chi connectivity index (χ4n) is 2.85. The van der Waals surface area contributed by atoms with Crippen molar-refractivity contribution in [2.45, 2.75) is 25.8 Å². The molecule has 3 aromatic heterocycles. The van der Waals surface area contributed by atoms with Crippen molar-refractivity contribution < 1.29 is 0 Å². The number of hydrogen-bond acceptors (Lipinski definition) is 6. The second-order valence-corrected chi connectivity index (χ2v) is 6.98. The number of aromatic nitrogens is 4. The van der Waals surface area contributed by atoms with Gasteiger partial charge in [-0.15, -0.1) is 11.3 Å². The van der Waals surface area contributed by atoms with E-state index in [1.54, 1.807) is 22.7 Å². The van der Waals surface area contributed by atoms with Crippen LogP contribution in [0.25, 0.3) is 10.3 Å². The molecule has 0 saturated carbocycles. The van der Waals surface area contributed by atoms with Gasteiger partial charge in [-0.2, -0.15) is 5.10 Å². The molecule has 104 valence electrons. The van der Waals surface area contributed by atoms with Crippen molar-refractivity contribution in [3.8, 4) is 0 Å². The Balaban J connectivity index is 1.76. The molecule has 0 bridgehead atoms. The van der Waals surface area contributed by atoms with Gasteiger partial charge < -0.3 is 4.90 Å². The minimum absolute atomic E-state index is 0.392. The maximum absolute atomic E-state index is 4.80. The van der Waals surface area contributed by atoms with Gasteiger partial charge in [0.05, 0.1) is 16.4 Å². The molecule has 0 aromatic carbocycles. The third kappa shape index (κ3) is 1.76. The van der Waals surface area contributed by atoms with Gasteiger partial charge in [-0.25, -0.2) is 14.6 Å². The minimum Gasteiger partial charge on any atom is -0.339 e. The predicted molar refractivity (Wildman–Crippen MR) is 82.6 cm³/mol. The monoisotopic (exact) mass is 305 g/mol. The molecule has 4 heterocycles. The first kappa shape index (κ1) is 12.3. The van der Waals surface area contributed by atoms with Gasteiger partial charge in [0, 0.05) is 25.2 Å². The summed E-state index contributed by atoms with van der Waals surface area (Å²) >= 11 is 3.49. The smallest absolute Gasteiger partial charge is 0.188 e. The van der Waals surface area contributed by atoms with Gasteiger partial charge in [-0.05, 0) is 19.8 Å². The summed E-state index contributed by atoms with van der Waals surface area (Å²) in [7, 11) is 1.96. The van der Waals surface area contributed by atoms with E-state index >= 15 is 0 Å². The Morgan fingerprint density at radius 1 is 1.40 bits per heavy atom. The molecule has 1 aliphatic heterocycles. The molecule has 20 heavy (non-hydrogen) atoms. The molecule has 1 aliphatic rings. The lowest BCUT2D eigenvalue weighted by Crippen LogP contribution is -2.22. The molecule has 0 amide bonds. The standard InChI is InChI=1S/C13H15N5S2/c1-8-10-11(17(2)16-8)15-13(20-10)18-6-3-4-9(18)12-14-5-7-19-12/h5,7,9H,3-4,6H2,1-2H3/t9-/m1/s1.